The van der Waals surface area contributed by atoms with Crippen molar-refractivity contribution in [2.75, 3.05) is 24.8 Å². The zero-order valence-corrected chi connectivity index (χ0v) is 17.5. The van der Waals surface area contributed by atoms with Gasteiger partial charge >= 0.3 is 0 Å². The molecule has 1 N–H and O–H groups in total. The van der Waals surface area contributed by atoms with Crippen molar-refractivity contribution in [3.05, 3.63) is 66.2 Å². The first-order chi connectivity index (χ1) is 15.7. The van der Waals surface area contributed by atoms with Gasteiger partial charge in [-0.05, 0) is 48.2 Å². The summed E-state index contributed by atoms with van der Waals surface area (Å²) in [4.78, 5) is 23.7. The molecule has 2 aliphatic rings. The molecule has 0 saturated carbocycles. The highest BCUT2D eigenvalue weighted by molar-refractivity contribution is 5.79. The highest BCUT2D eigenvalue weighted by atomic mass is 19.1. The number of anilines is 1. The number of carbonyl (C=O) groups excluding carboxylic acids is 1. The van der Waals surface area contributed by atoms with Crippen LogP contribution >= 0.6 is 0 Å². The number of aromatic nitrogens is 2. The zero-order valence-electron chi connectivity index (χ0n) is 17.5. The second-order valence-corrected chi connectivity index (χ2v) is 7.97. The summed E-state index contributed by atoms with van der Waals surface area (Å²) in [6.07, 6.45) is 5.10. The van der Waals surface area contributed by atoms with Crippen LogP contribution in [0.3, 0.4) is 0 Å². The average Bonchev–Trinajstić information content (AvgIpc) is 3.31. The number of carbonyl (C=O) groups is 1. The van der Waals surface area contributed by atoms with Gasteiger partial charge in [0.15, 0.2) is 11.5 Å². The Bertz CT molecular complexity index is 1120. The van der Waals surface area contributed by atoms with E-state index in [2.05, 4.69) is 15.3 Å². The molecule has 8 heteroatoms. The molecule has 32 heavy (non-hydrogen) atoms. The second-order valence-electron chi connectivity index (χ2n) is 7.97. The van der Waals surface area contributed by atoms with E-state index < -0.39 is 0 Å². The monoisotopic (exact) mass is 434 g/mol. The molecule has 1 atom stereocenters. The van der Waals surface area contributed by atoms with Crippen LogP contribution in [0.15, 0.2) is 54.9 Å². The Hall–Kier alpha value is -3.68. The second kappa shape index (κ2) is 8.82. The Labute approximate surface area is 185 Å². The molecule has 3 heterocycles. The number of rotatable bonds is 5. The van der Waals surface area contributed by atoms with Gasteiger partial charge in [-0.2, -0.15) is 0 Å². The molecule has 1 saturated heterocycles. The molecule has 0 radical (unpaired) electrons. The molecule has 1 fully saturated rings. The van der Waals surface area contributed by atoms with E-state index in [0.717, 1.165) is 41.8 Å². The molecule has 7 nitrogen and oxygen atoms in total. The van der Waals surface area contributed by atoms with Crippen molar-refractivity contribution in [1.29, 1.82) is 0 Å². The van der Waals surface area contributed by atoms with Crippen molar-refractivity contribution in [1.82, 2.24) is 15.3 Å². The van der Waals surface area contributed by atoms with Crippen LogP contribution in [0.2, 0.25) is 0 Å². The predicted octanol–water partition coefficient (Wildman–Crippen LogP) is 3.54. The molecule has 2 aliphatic heterocycles. The Morgan fingerprint density at radius 3 is 2.78 bits per heavy atom. The summed E-state index contributed by atoms with van der Waals surface area (Å²) in [6, 6.07) is 12.0. The molecule has 3 aromatic rings. The van der Waals surface area contributed by atoms with Gasteiger partial charge in [-0.1, -0.05) is 18.2 Å². The number of halogens is 1. The Balaban J connectivity index is 1.20. The number of amides is 1. The number of fused-ring (bicyclic) bond motifs is 1. The lowest BCUT2D eigenvalue weighted by Crippen LogP contribution is -2.43. The maximum atomic E-state index is 13.5. The molecule has 0 spiro atoms. The van der Waals surface area contributed by atoms with E-state index in [-0.39, 0.29) is 24.4 Å². The minimum atomic E-state index is -0.294. The maximum absolute atomic E-state index is 13.5. The lowest BCUT2D eigenvalue weighted by atomic mass is 9.97. The molecule has 0 aliphatic carbocycles. The van der Waals surface area contributed by atoms with Crippen molar-refractivity contribution < 1.29 is 18.7 Å². The molecule has 164 valence electrons. The van der Waals surface area contributed by atoms with Crippen LogP contribution < -0.4 is 19.7 Å². The molecular weight excluding hydrogens is 411 g/mol. The Kier molecular flexibility index (Phi) is 5.58. The first kappa shape index (κ1) is 20.2. The summed E-state index contributed by atoms with van der Waals surface area (Å²) in [5.74, 6) is 1.61. The topological polar surface area (TPSA) is 76.6 Å². The third-order valence-electron chi connectivity index (χ3n) is 5.77. The van der Waals surface area contributed by atoms with Crippen LogP contribution in [0.1, 0.15) is 18.4 Å². The zero-order chi connectivity index (χ0) is 21.9. The van der Waals surface area contributed by atoms with Crippen LogP contribution in [-0.2, 0) is 11.3 Å². The molecule has 2 aromatic carbocycles. The number of hydrogen-bond donors (Lipinski definition) is 1. The van der Waals surface area contributed by atoms with Crippen LogP contribution in [0.25, 0.3) is 11.1 Å². The van der Waals surface area contributed by atoms with Crippen molar-refractivity contribution in [3.8, 4) is 22.6 Å². The van der Waals surface area contributed by atoms with Gasteiger partial charge in [0.05, 0.1) is 5.92 Å². The summed E-state index contributed by atoms with van der Waals surface area (Å²) < 4.78 is 24.2. The summed E-state index contributed by atoms with van der Waals surface area (Å²) in [5, 5.41) is 3.03. The van der Waals surface area contributed by atoms with Gasteiger partial charge in [0.25, 0.3) is 0 Å². The highest BCUT2D eigenvalue weighted by Crippen LogP contribution is 2.32. The van der Waals surface area contributed by atoms with Crippen molar-refractivity contribution in [3.63, 3.8) is 0 Å². The van der Waals surface area contributed by atoms with Gasteiger partial charge in [0.2, 0.25) is 18.6 Å². The lowest BCUT2D eigenvalue weighted by Gasteiger charge is -2.32. The molecule has 5 rings (SSSR count). The average molecular weight is 434 g/mol. The SMILES string of the molecule is O=C(NCc1ccc2c(c1)OCO2)[C@H]1CCCN(c2ncc(-c3cccc(F)c3)cn2)C1. The van der Waals surface area contributed by atoms with Crippen LogP contribution in [0, 0.1) is 11.7 Å². The minimum Gasteiger partial charge on any atom is -0.454 e. The molecule has 0 bridgehead atoms. The largest absolute Gasteiger partial charge is 0.454 e. The predicted molar refractivity (Wildman–Crippen MR) is 117 cm³/mol. The van der Waals surface area contributed by atoms with E-state index in [1.807, 2.05) is 29.2 Å². The molecule has 1 amide bonds. The van der Waals surface area contributed by atoms with E-state index in [4.69, 9.17) is 9.47 Å². The fourth-order valence-electron chi connectivity index (χ4n) is 4.06. The van der Waals surface area contributed by atoms with Gasteiger partial charge in [0, 0.05) is 37.6 Å². The first-order valence-electron chi connectivity index (χ1n) is 10.6. The minimum absolute atomic E-state index is 0.0174. The van der Waals surface area contributed by atoms with E-state index >= 15 is 0 Å². The lowest BCUT2D eigenvalue weighted by molar-refractivity contribution is -0.125. The number of ether oxygens (including phenoxy) is 2. The van der Waals surface area contributed by atoms with Crippen molar-refractivity contribution >= 4 is 11.9 Å². The smallest absolute Gasteiger partial charge is 0.231 e. The highest BCUT2D eigenvalue weighted by Gasteiger charge is 2.27. The fraction of sp³-hybridized carbons (Fsp3) is 0.292. The number of piperidine rings is 1. The van der Waals surface area contributed by atoms with Crippen LogP contribution in [0.5, 0.6) is 11.5 Å². The quantitative estimate of drug-likeness (QED) is 0.662. The van der Waals surface area contributed by atoms with Gasteiger partial charge in [0.1, 0.15) is 5.82 Å². The van der Waals surface area contributed by atoms with Crippen molar-refractivity contribution in [2.45, 2.75) is 19.4 Å². The third kappa shape index (κ3) is 4.34. The van der Waals surface area contributed by atoms with Crippen LogP contribution in [0.4, 0.5) is 10.3 Å². The van der Waals surface area contributed by atoms with Gasteiger partial charge in [-0.3, -0.25) is 4.79 Å². The van der Waals surface area contributed by atoms with Crippen LogP contribution in [-0.4, -0.2) is 35.8 Å². The number of hydrogen-bond acceptors (Lipinski definition) is 6. The molecule has 1 aromatic heterocycles. The Morgan fingerprint density at radius 1 is 1.09 bits per heavy atom. The molecular formula is C24H23FN4O3. The standard InChI is InChI=1S/C24H23FN4O3/c25-20-5-1-3-17(10-20)19-12-27-24(28-13-19)29-8-2-4-18(14-29)23(30)26-11-16-6-7-21-22(9-16)32-15-31-21/h1,3,5-7,9-10,12-13,18H,2,4,8,11,14-15H2,(H,26,30)/t18-/m0/s1. The summed E-state index contributed by atoms with van der Waals surface area (Å²) in [6.45, 7) is 2.02. The third-order valence-corrected chi connectivity index (χ3v) is 5.77. The number of benzene rings is 2. The molecule has 0 unspecified atom stereocenters. The van der Waals surface area contributed by atoms with E-state index in [0.29, 0.717) is 24.8 Å². The van der Waals surface area contributed by atoms with Gasteiger partial charge < -0.3 is 19.7 Å². The Morgan fingerprint density at radius 2 is 1.94 bits per heavy atom. The summed E-state index contributed by atoms with van der Waals surface area (Å²) in [5.41, 5.74) is 2.45. The van der Waals surface area contributed by atoms with Crippen molar-refractivity contribution in [2.24, 2.45) is 5.92 Å². The number of nitrogens with one attached hydrogen (secondary N) is 1. The first-order valence-corrected chi connectivity index (χ1v) is 10.6. The normalized spacial score (nSPS) is 17.3. The van der Waals surface area contributed by atoms with E-state index in [9.17, 15) is 9.18 Å². The van der Waals surface area contributed by atoms with Gasteiger partial charge in [-0.25, -0.2) is 14.4 Å². The maximum Gasteiger partial charge on any atom is 0.231 e. The summed E-state index contributed by atoms with van der Waals surface area (Å²) >= 11 is 0. The number of nitrogens with zero attached hydrogens (tertiary/aromatic N) is 3. The summed E-state index contributed by atoms with van der Waals surface area (Å²) in [7, 11) is 0. The van der Waals surface area contributed by atoms with Gasteiger partial charge in [-0.15, -0.1) is 0 Å². The fourth-order valence-corrected chi connectivity index (χ4v) is 4.06. The van der Waals surface area contributed by atoms with E-state index in [1.165, 1.54) is 12.1 Å². The van der Waals surface area contributed by atoms with E-state index in [1.54, 1.807) is 18.5 Å².